The SMILES string of the molecule is CCCOc1c2cc(C(C)(C)C)cc1Cc1cc(C3SCCS3)cc(c1O)Cc1cc(C(C)(C)C)cc(c1OCCC)Cc1cc(C3SCCS3)cc(c1O)C2. The largest absolute Gasteiger partial charge is 0.507 e. The van der Waals surface area contributed by atoms with Crippen LogP contribution in [0, 0.1) is 0 Å². The average Bonchev–Trinajstić information content (AvgIpc) is 3.89. The third-order valence-electron chi connectivity index (χ3n) is 11.0. The number of phenolic OH excluding ortho intramolecular Hbond substituents is 2. The minimum absolute atomic E-state index is 0.117. The highest BCUT2D eigenvalue weighted by molar-refractivity contribution is 8.19. The first-order chi connectivity index (χ1) is 26.7. The summed E-state index contributed by atoms with van der Waals surface area (Å²) in [4.78, 5) is 0. The van der Waals surface area contributed by atoms with Gasteiger partial charge in [0.05, 0.1) is 22.4 Å². The number of ether oxygens (including phenoxy) is 2. The lowest BCUT2D eigenvalue weighted by molar-refractivity contribution is 0.311. The molecule has 3 aliphatic rings. The van der Waals surface area contributed by atoms with Crippen LogP contribution in [-0.4, -0.2) is 46.4 Å². The lowest BCUT2D eigenvalue weighted by atomic mass is 9.81. The highest BCUT2D eigenvalue weighted by Gasteiger charge is 2.29. The summed E-state index contributed by atoms with van der Waals surface area (Å²) in [6.07, 6.45) is 3.96. The minimum Gasteiger partial charge on any atom is -0.507 e. The molecule has 56 heavy (non-hydrogen) atoms. The van der Waals surface area contributed by atoms with E-state index in [0.717, 1.165) is 91.9 Å². The molecule has 1 aliphatic carbocycles. The van der Waals surface area contributed by atoms with Crippen molar-refractivity contribution in [3.8, 4) is 23.0 Å². The van der Waals surface area contributed by atoms with Crippen molar-refractivity contribution in [2.24, 2.45) is 0 Å². The second-order valence-electron chi connectivity index (χ2n) is 17.7. The number of rotatable bonds is 8. The van der Waals surface area contributed by atoms with Crippen molar-refractivity contribution >= 4 is 47.0 Å². The van der Waals surface area contributed by atoms with E-state index < -0.39 is 0 Å². The number of benzene rings is 4. The molecule has 2 N–H and O–H groups in total. The van der Waals surface area contributed by atoms with Crippen molar-refractivity contribution in [1.29, 1.82) is 0 Å². The van der Waals surface area contributed by atoms with Gasteiger partial charge >= 0.3 is 0 Å². The fourth-order valence-corrected chi connectivity index (χ4v) is 13.6. The molecule has 300 valence electrons. The highest BCUT2D eigenvalue weighted by Crippen LogP contribution is 2.50. The molecule has 7 rings (SSSR count). The summed E-state index contributed by atoms with van der Waals surface area (Å²) in [6, 6.07) is 18.3. The van der Waals surface area contributed by atoms with E-state index in [0.29, 0.717) is 59.6 Å². The lowest BCUT2D eigenvalue weighted by Crippen LogP contribution is -2.15. The maximum Gasteiger partial charge on any atom is 0.126 e. The summed E-state index contributed by atoms with van der Waals surface area (Å²) in [5, 5.41) is 24.8. The summed E-state index contributed by atoms with van der Waals surface area (Å²) < 4.78 is 14.2. The molecule has 8 bridgehead atoms. The van der Waals surface area contributed by atoms with Crippen molar-refractivity contribution in [3.05, 3.63) is 115 Å². The molecule has 0 radical (unpaired) electrons. The third kappa shape index (κ3) is 9.19. The molecule has 0 aromatic heterocycles. The Kier molecular flexibility index (Phi) is 12.9. The van der Waals surface area contributed by atoms with Gasteiger partial charge < -0.3 is 19.7 Å². The monoisotopic (exact) mass is 828 g/mol. The van der Waals surface area contributed by atoms with Crippen molar-refractivity contribution < 1.29 is 19.7 Å². The molecule has 0 spiro atoms. The predicted molar refractivity (Wildman–Crippen MR) is 245 cm³/mol. The number of hydrogen-bond donors (Lipinski definition) is 2. The molecule has 2 aliphatic heterocycles. The van der Waals surface area contributed by atoms with Crippen molar-refractivity contribution in [3.63, 3.8) is 0 Å². The smallest absolute Gasteiger partial charge is 0.126 e. The zero-order valence-corrected chi connectivity index (χ0v) is 37.9. The van der Waals surface area contributed by atoms with E-state index in [1.54, 1.807) is 0 Å². The number of hydrogen-bond acceptors (Lipinski definition) is 8. The molecule has 0 unspecified atom stereocenters. The second-order valence-corrected chi connectivity index (χ2v) is 23.1. The molecule has 2 saturated heterocycles. The van der Waals surface area contributed by atoms with Crippen LogP contribution in [0.15, 0.2) is 48.5 Å². The summed E-state index contributed by atoms with van der Waals surface area (Å²) in [5.41, 5.74) is 12.8. The van der Waals surface area contributed by atoms with E-state index >= 15 is 0 Å². The van der Waals surface area contributed by atoms with Gasteiger partial charge in [0.2, 0.25) is 0 Å². The number of aromatic hydroxyl groups is 2. The van der Waals surface area contributed by atoms with Gasteiger partial charge in [-0.25, -0.2) is 0 Å². The van der Waals surface area contributed by atoms with Gasteiger partial charge in [0.15, 0.2) is 0 Å². The van der Waals surface area contributed by atoms with E-state index in [9.17, 15) is 10.2 Å². The first-order valence-corrected chi connectivity index (χ1v) is 24.7. The quantitative estimate of drug-likeness (QED) is 0.160. The van der Waals surface area contributed by atoms with E-state index in [1.807, 2.05) is 47.0 Å². The number of fused-ring (bicyclic) bond motifs is 8. The van der Waals surface area contributed by atoms with E-state index in [-0.39, 0.29) is 10.8 Å². The summed E-state index contributed by atoms with van der Waals surface area (Å²) in [5.74, 6) is 7.01. The molecule has 0 atom stereocenters. The topological polar surface area (TPSA) is 58.9 Å². The van der Waals surface area contributed by atoms with Crippen LogP contribution in [-0.2, 0) is 36.5 Å². The summed E-state index contributed by atoms with van der Waals surface area (Å²) in [6.45, 7) is 19.1. The molecule has 2 heterocycles. The minimum atomic E-state index is -0.117. The second kappa shape index (κ2) is 17.4. The van der Waals surface area contributed by atoms with Crippen LogP contribution in [0.5, 0.6) is 23.0 Å². The van der Waals surface area contributed by atoms with E-state index in [1.165, 1.54) is 22.3 Å². The van der Waals surface area contributed by atoms with Crippen LogP contribution < -0.4 is 9.47 Å². The van der Waals surface area contributed by atoms with Crippen LogP contribution in [0.2, 0.25) is 0 Å². The maximum atomic E-state index is 12.4. The predicted octanol–water partition coefficient (Wildman–Crippen LogP) is 12.9. The van der Waals surface area contributed by atoms with Gasteiger partial charge in [0.25, 0.3) is 0 Å². The average molecular weight is 829 g/mol. The van der Waals surface area contributed by atoms with Crippen molar-refractivity contribution in [2.75, 3.05) is 36.2 Å². The Morgan fingerprint density at radius 3 is 1.02 bits per heavy atom. The Morgan fingerprint density at radius 1 is 0.482 bits per heavy atom. The van der Waals surface area contributed by atoms with Crippen LogP contribution in [0.4, 0.5) is 0 Å². The van der Waals surface area contributed by atoms with Crippen molar-refractivity contribution in [2.45, 2.75) is 114 Å². The normalized spacial score (nSPS) is 16.7. The van der Waals surface area contributed by atoms with Gasteiger partial charge in [-0.15, -0.1) is 47.0 Å². The third-order valence-corrected chi connectivity index (χ3v) is 17.2. The number of thioether (sulfide) groups is 4. The van der Waals surface area contributed by atoms with Gasteiger partial charge in [-0.2, -0.15) is 0 Å². The summed E-state index contributed by atoms with van der Waals surface area (Å²) in [7, 11) is 0. The Balaban J connectivity index is 1.54. The van der Waals surface area contributed by atoms with Crippen LogP contribution in [0.1, 0.15) is 144 Å². The molecule has 0 saturated carbocycles. The maximum absolute atomic E-state index is 12.4. The van der Waals surface area contributed by atoms with Gasteiger partial charge in [-0.3, -0.25) is 0 Å². The molecule has 2 fully saturated rings. The van der Waals surface area contributed by atoms with Gasteiger partial charge in [-0.05, 0) is 115 Å². The van der Waals surface area contributed by atoms with Crippen molar-refractivity contribution in [1.82, 2.24) is 0 Å². The molecule has 4 aromatic rings. The first-order valence-electron chi connectivity index (χ1n) is 20.5. The van der Waals surface area contributed by atoms with Crippen LogP contribution >= 0.6 is 47.0 Å². The van der Waals surface area contributed by atoms with Gasteiger partial charge in [0.1, 0.15) is 23.0 Å². The Hall–Kier alpha value is -2.52. The van der Waals surface area contributed by atoms with E-state index in [4.69, 9.17) is 9.47 Å². The van der Waals surface area contributed by atoms with Gasteiger partial charge in [-0.1, -0.05) is 79.7 Å². The fourth-order valence-electron chi connectivity index (χ4n) is 7.99. The summed E-state index contributed by atoms with van der Waals surface area (Å²) >= 11 is 8.01. The van der Waals surface area contributed by atoms with E-state index in [2.05, 4.69) is 104 Å². The Bertz CT molecular complexity index is 1800. The number of phenols is 2. The highest BCUT2D eigenvalue weighted by atomic mass is 32.2. The Morgan fingerprint density at radius 2 is 0.768 bits per heavy atom. The van der Waals surface area contributed by atoms with Crippen LogP contribution in [0.25, 0.3) is 0 Å². The molecule has 0 amide bonds. The fraction of sp³-hybridized carbons (Fsp3) is 0.500. The first kappa shape index (κ1) is 41.6. The Labute approximate surface area is 353 Å². The standard InChI is InChI=1S/C48H60O4S4/c1-9-11-51-43-33-17-29-21-37(45-53-13-14-54-45)23-31(41(29)49)19-35-27-40(48(6,7)8)28-36(44(35)52-12-10-2)20-32-24-38(46-55-15-16-56-46)22-30(42(32)50)18-34(43)26-39(25-33)47(3,4)5/h21-28,45-46,49-50H,9-20H2,1-8H3. The molecule has 4 aromatic carbocycles. The van der Waals surface area contributed by atoms with Gasteiger partial charge in [0, 0.05) is 48.7 Å². The molecule has 4 nitrogen and oxygen atoms in total. The molecular weight excluding hydrogens is 769 g/mol. The molecule has 8 heteroatoms. The molecular formula is C48H60O4S4. The lowest BCUT2D eigenvalue weighted by Gasteiger charge is -2.27. The zero-order valence-electron chi connectivity index (χ0n) is 34.6. The van der Waals surface area contributed by atoms with Crippen LogP contribution in [0.3, 0.4) is 0 Å². The zero-order chi connectivity index (χ0) is 39.8.